The number of sulfonamides is 1. The number of likely N-dealkylation sites (tertiary alicyclic amines) is 1. The molecule has 3 atom stereocenters. The number of rotatable bonds is 5. The highest BCUT2D eigenvalue weighted by Gasteiger charge is 2.58. The van der Waals surface area contributed by atoms with Gasteiger partial charge in [0.15, 0.2) is 5.82 Å². The maximum Gasteiger partial charge on any atom is 0.234 e. The number of aromatic nitrogens is 2. The predicted molar refractivity (Wildman–Crippen MR) is 107 cm³/mol. The van der Waals surface area contributed by atoms with Crippen LogP contribution in [0, 0.1) is 12.8 Å². The van der Waals surface area contributed by atoms with Crippen molar-refractivity contribution in [3.8, 4) is 0 Å². The molecule has 3 heterocycles. The second kappa shape index (κ2) is 7.96. The molecule has 0 radical (unpaired) electrons. The van der Waals surface area contributed by atoms with Gasteiger partial charge in [-0.15, -0.1) is 0 Å². The fourth-order valence-corrected chi connectivity index (χ4v) is 6.20. The Kier molecular flexibility index (Phi) is 5.69. The lowest BCUT2D eigenvalue weighted by Crippen LogP contribution is -2.43. The molecule has 0 aromatic carbocycles. The topological polar surface area (TPSA) is 109 Å². The Morgan fingerprint density at radius 1 is 1.28 bits per heavy atom. The molecule has 3 aliphatic rings. The minimum atomic E-state index is -3.30. The van der Waals surface area contributed by atoms with Crippen molar-refractivity contribution in [2.24, 2.45) is 5.92 Å². The minimum Gasteiger partial charge on any atom is -0.352 e. The largest absolute Gasteiger partial charge is 0.352 e. The molecule has 162 valence electrons. The third kappa shape index (κ3) is 4.34. The van der Waals surface area contributed by atoms with Gasteiger partial charge in [0.25, 0.3) is 0 Å². The van der Waals surface area contributed by atoms with Crippen molar-refractivity contribution in [3.05, 3.63) is 11.7 Å². The normalized spacial score (nSPS) is 31.5. The molecule has 10 heteroatoms. The van der Waals surface area contributed by atoms with E-state index in [2.05, 4.69) is 20.4 Å². The van der Waals surface area contributed by atoms with Crippen molar-refractivity contribution < 1.29 is 17.7 Å². The van der Waals surface area contributed by atoms with Gasteiger partial charge in [-0.1, -0.05) is 18.0 Å². The molecule has 1 aromatic rings. The second-order valence-electron chi connectivity index (χ2n) is 8.95. The van der Waals surface area contributed by atoms with Crippen LogP contribution in [-0.4, -0.2) is 78.7 Å². The first-order valence-corrected chi connectivity index (χ1v) is 12.4. The van der Waals surface area contributed by atoms with Gasteiger partial charge < -0.3 is 9.84 Å². The van der Waals surface area contributed by atoms with E-state index in [0.717, 1.165) is 32.4 Å². The van der Waals surface area contributed by atoms with Crippen LogP contribution in [0.3, 0.4) is 0 Å². The zero-order valence-electron chi connectivity index (χ0n) is 17.3. The van der Waals surface area contributed by atoms with Crippen LogP contribution in [0.5, 0.6) is 0 Å². The van der Waals surface area contributed by atoms with Crippen molar-refractivity contribution in [2.75, 3.05) is 39.0 Å². The quantitative estimate of drug-likeness (QED) is 0.738. The first-order chi connectivity index (χ1) is 13.8. The molecule has 9 nitrogen and oxygen atoms in total. The molecule has 29 heavy (non-hydrogen) atoms. The van der Waals surface area contributed by atoms with E-state index in [9.17, 15) is 13.2 Å². The first-order valence-electron chi connectivity index (χ1n) is 10.5. The molecule has 2 saturated heterocycles. The molecular weight excluding hydrogens is 394 g/mol. The minimum absolute atomic E-state index is 0.00612. The van der Waals surface area contributed by atoms with Gasteiger partial charge in [-0.05, 0) is 51.6 Å². The Labute approximate surface area is 172 Å². The van der Waals surface area contributed by atoms with Crippen LogP contribution >= 0.6 is 0 Å². The molecule has 1 aliphatic carbocycles. The Bertz CT molecular complexity index is 849. The summed E-state index contributed by atoms with van der Waals surface area (Å²) in [6, 6.07) is -0.00612. The number of carbonyl (C=O) groups excluding carboxylic acids is 1. The van der Waals surface area contributed by atoms with Gasteiger partial charge in [0, 0.05) is 19.1 Å². The highest BCUT2D eigenvalue weighted by molar-refractivity contribution is 7.88. The fraction of sp³-hybridized carbons (Fsp3) is 0.842. The van der Waals surface area contributed by atoms with Crippen LogP contribution in [0.15, 0.2) is 4.52 Å². The number of amides is 1. The lowest BCUT2D eigenvalue weighted by molar-refractivity contribution is -0.123. The maximum absolute atomic E-state index is 12.7. The molecule has 1 N–H and O–H groups in total. The van der Waals surface area contributed by atoms with Crippen molar-refractivity contribution in [1.29, 1.82) is 0 Å². The maximum atomic E-state index is 12.7. The second-order valence-corrected chi connectivity index (χ2v) is 10.9. The van der Waals surface area contributed by atoms with E-state index in [4.69, 9.17) is 4.52 Å². The lowest BCUT2D eigenvalue weighted by Gasteiger charge is -2.25. The summed E-state index contributed by atoms with van der Waals surface area (Å²) >= 11 is 0. The standard InChI is InChI=1S/C19H31N5O4S/c1-14-20-18(28-22-14)19-10-16(9-15(19)11-24(13-19)29(2,26)27)21-17(25)12-23-7-5-3-4-6-8-23/h15-16H,3-13H2,1-2H3,(H,21,25). The van der Waals surface area contributed by atoms with Crippen molar-refractivity contribution in [1.82, 2.24) is 24.7 Å². The van der Waals surface area contributed by atoms with E-state index < -0.39 is 15.4 Å². The number of carbonyl (C=O) groups is 1. The summed E-state index contributed by atoms with van der Waals surface area (Å²) in [4.78, 5) is 19.3. The molecule has 1 saturated carbocycles. The summed E-state index contributed by atoms with van der Waals surface area (Å²) < 4.78 is 31.3. The number of fused-ring (bicyclic) bond motifs is 1. The van der Waals surface area contributed by atoms with E-state index in [1.54, 1.807) is 6.92 Å². The molecule has 0 bridgehead atoms. The van der Waals surface area contributed by atoms with Crippen LogP contribution in [0.1, 0.15) is 50.2 Å². The van der Waals surface area contributed by atoms with Crippen LogP contribution < -0.4 is 5.32 Å². The molecule has 2 aliphatic heterocycles. The van der Waals surface area contributed by atoms with Gasteiger partial charge >= 0.3 is 0 Å². The first kappa shape index (κ1) is 20.7. The van der Waals surface area contributed by atoms with E-state index in [-0.39, 0.29) is 17.9 Å². The van der Waals surface area contributed by atoms with Crippen LogP contribution in [0.4, 0.5) is 0 Å². The lowest BCUT2D eigenvalue weighted by atomic mass is 9.80. The zero-order valence-corrected chi connectivity index (χ0v) is 18.1. The third-order valence-corrected chi connectivity index (χ3v) is 7.91. The molecule has 1 aromatic heterocycles. The number of nitrogens with zero attached hydrogens (tertiary/aromatic N) is 4. The summed E-state index contributed by atoms with van der Waals surface area (Å²) in [5, 5.41) is 7.12. The molecule has 3 unspecified atom stereocenters. The average Bonchev–Trinajstić information content (AvgIpc) is 3.23. The van der Waals surface area contributed by atoms with Gasteiger partial charge in [-0.2, -0.15) is 4.98 Å². The molecule has 0 spiro atoms. The average molecular weight is 426 g/mol. The Balaban J connectivity index is 1.45. The fourth-order valence-electron chi connectivity index (χ4n) is 5.29. The van der Waals surface area contributed by atoms with E-state index >= 15 is 0 Å². The summed E-state index contributed by atoms with van der Waals surface area (Å²) in [7, 11) is -3.30. The van der Waals surface area contributed by atoms with E-state index in [1.165, 1.54) is 23.4 Å². The van der Waals surface area contributed by atoms with Gasteiger partial charge in [0.1, 0.15) is 0 Å². The highest BCUT2D eigenvalue weighted by Crippen LogP contribution is 2.50. The van der Waals surface area contributed by atoms with Crippen LogP contribution in [0.2, 0.25) is 0 Å². The summed E-state index contributed by atoms with van der Waals surface area (Å²) in [6.07, 6.45) is 7.37. The van der Waals surface area contributed by atoms with Gasteiger partial charge in [0.2, 0.25) is 21.8 Å². The molecule has 4 rings (SSSR count). The monoisotopic (exact) mass is 425 g/mol. The van der Waals surface area contributed by atoms with E-state index in [1.807, 2.05) is 0 Å². The number of aryl methyl sites for hydroxylation is 1. The van der Waals surface area contributed by atoms with Crippen LogP contribution in [0.25, 0.3) is 0 Å². The summed E-state index contributed by atoms with van der Waals surface area (Å²) in [6.45, 7) is 4.92. The van der Waals surface area contributed by atoms with Crippen molar-refractivity contribution in [2.45, 2.75) is 56.9 Å². The smallest absolute Gasteiger partial charge is 0.234 e. The third-order valence-electron chi connectivity index (χ3n) is 6.70. The van der Waals surface area contributed by atoms with Gasteiger partial charge in [-0.25, -0.2) is 12.7 Å². The molecule has 3 fully saturated rings. The van der Waals surface area contributed by atoms with Crippen LogP contribution in [-0.2, 0) is 20.2 Å². The predicted octanol–water partition coefficient (Wildman–Crippen LogP) is 0.662. The van der Waals surface area contributed by atoms with Gasteiger partial charge in [-0.3, -0.25) is 9.69 Å². The summed E-state index contributed by atoms with van der Waals surface area (Å²) in [5.41, 5.74) is -0.523. The number of hydrogen-bond donors (Lipinski definition) is 1. The van der Waals surface area contributed by atoms with Gasteiger partial charge in [0.05, 0.1) is 18.2 Å². The van der Waals surface area contributed by atoms with Crippen molar-refractivity contribution >= 4 is 15.9 Å². The SMILES string of the molecule is Cc1noc(C23CC(NC(=O)CN4CCCCCC4)CC2CN(S(C)(=O)=O)C3)n1. The zero-order chi connectivity index (χ0) is 20.6. The van der Waals surface area contributed by atoms with E-state index in [0.29, 0.717) is 37.8 Å². The number of nitrogens with one attached hydrogen (secondary N) is 1. The van der Waals surface area contributed by atoms with Crippen molar-refractivity contribution in [3.63, 3.8) is 0 Å². The highest BCUT2D eigenvalue weighted by atomic mass is 32.2. The molecular formula is C19H31N5O4S. The Morgan fingerprint density at radius 3 is 2.62 bits per heavy atom. The summed E-state index contributed by atoms with van der Waals surface area (Å²) in [5.74, 6) is 1.14. The number of hydrogen-bond acceptors (Lipinski definition) is 7. The Hall–Kier alpha value is -1.52. The molecule has 1 amide bonds. The Morgan fingerprint density at radius 2 is 2.00 bits per heavy atom.